The van der Waals surface area contributed by atoms with Gasteiger partial charge < -0.3 is 5.32 Å². The van der Waals surface area contributed by atoms with E-state index in [2.05, 4.69) is 26.2 Å². The second-order valence-electron chi connectivity index (χ2n) is 3.91. The predicted octanol–water partition coefficient (Wildman–Crippen LogP) is 3.12. The summed E-state index contributed by atoms with van der Waals surface area (Å²) in [4.78, 5) is 15.8. The van der Waals surface area contributed by atoms with Crippen LogP contribution in [0.2, 0.25) is 0 Å². The predicted molar refractivity (Wildman–Crippen MR) is 75.2 cm³/mol. The van der Waals surface area contributed by atoms with Crippen molar-refractivity contribution in [3.05, 3.63) is 34.3 Å². The lowest BCUT2D eigenvalue weighted by Crippen LogP contribution is -2.23. The minimum atomic E-state index is -0.0362. The van der Waals surface area contributed by atoms with Crippen LogP contribution >= 0.6 is 27.7 Å². The number of aliphatic imine (C=N–C) groups is 1. The van der Waals surface area contributed by atoms with E-state index in [0.29, 0.717) is 0 Å². The average molecular weight is 313 g/mol. The molecule has 1 N–H and O–H groups in total. The summed E-state index contributed by atoms with van der Waals surface area (Å²) in [6.45, 7) is 3.90. The van der Waals surface area contributed by atoms with Crippen LogP contribution in [-0.4, -0.2) is 16.3 Å². The molecule has 0 saturated carbocycles. The molecule has 1 unspecified atom stereocenters. The molecule has 17 heavy (non-hydrogen) atoms. The SMILES string of the molecule is CC1SC(=N[C@@H](C)c2ccc(Br)cc2)NC1=O. The third kappa shape index (κ3) is 3.10. The fraction of sp³-hybridized carbons (Fsp3) is 0.333. The van der Waals surface area contributed by atoms with E-state index in [1.807, 2.05) is 38.1 Å². The van der Waals surface area contributed by atoms with Crippen molar-refractivity contribution in [3.63, 3.8) is 0 Å². The van der Waals surface area contributed by atoms with Crippen LogP contribution in [0.5, 0.6) is 0 Å². The van der Waals surface area contributed by atoms with E-state index in [0.717, 1.165) is 15.2 Å². The third-order valence-electron chi connectivity index (χ3n) is 2.55. The van der Waals surface area contributed by atoms with Gasteiger partial charge in [0, 0.05) is 4.47 Å². The maximum absolute atomic E-state index is 11.3. The molecule has 1 aliphatic rings. The standard InChI is InChI=1S/C12H13BrN2OS/c1-7(9-3-5-10(13)6-4-9)14-12-15-11(16)8(2)17-12/h3-8H,1-2H3,(H,14,15,16)/t7-,8?/m0/s1. The number of thioether (sulfide) groups is 1. The summed E-state index contributed by atoms with van der Waals surface area (Å²) in [5.41, 5.74) is 1.13. The Hall–Kier alpha value is -0.810. The summed E-state index contributed by atoms with van der Waals surface area (Å²) < 4.78 is 1.05. The smallest absolute Gasteiger partial charge is 0.239 e. The third-order valence-corrected chi connectivity index (χ3v) is 4.08. The largest absolute Gasteiger partial charge is 0.304 e. The van der Waals surface area contributed by atoms with Gasteiger partial charge in [-0.1, -0.05) is 39.8 Å². The Morgan fingerprint density at radius 2 is 2.06 bits per heavy atom. The first-order chi connectivity index (χ1) is 8.06. The van der Waals surface area contributed by atoms with Crippen LogP contribution < -0.4 is 5.32 Å². The quantitative estimate of drug-likeness (QED) is 0.911. The van der Waals surface area contributed by atoms with E-state index in [1.165, 1.54) is 11.8 Å². The van der Waals surface area contributed by atoms with Gasteiger partial charge in [-0.05, 0) is 31.5 Å². The van der Waals surface area contributed by atoms with Crippen molar-refractivity contribution in [2.75, 3.05) is 0 Å². The van der Waals surface area contributed by atoms with E-state index in [4.69, 9.17) is 0 Å². The number of halogens is 1. The normalized spacial score (nSPS) is 23.8. The van der Waals surface area contributed by atoms with Gasteiger partial charge in [-0.25, -0.2) is 0 Å². The van der Waals surface area contributed by atoms with E-state index in [1.54, 1.807) is 0 Å². The van der Waals surface area contributed by atoms with Crippen LogP contribution in [0.25, 0.3) is 0 Å². The molecular weight excluding hydrogens is 300 g/mol. The van der Waals surface area contributed by atoms with Gasteiger partial charge in [-0.15, -0.1) is 0 Å². The number of nitrogens with zero attached hydrogens (tertiary/aromatic N) is 1. The van der Waals surface area contributed by atoms with Crippen LogP contribution in [0.15, 0.2) is 33.7 Å². The average Bonchev–Trinajstić information content (AvgIpc) is 2.58. The lowest BCUT2D eigenvalue weighted by atomic mass is 10.1. The molecule has 2 rings (SSSR count). The monoisotopic (exact) mass is 312 g/mol. The van der Waals surface area contributed by atoms with Gasteiger partial charge in [-0.3, -0.25) is 9.79 Å². The summed E-state index contributed by atoms with van der Waals surface area (Å²) in [5, 5.41) is 3.46. The number of benzene rings is 1. The first kappa shape index (κ1) is 12.6. The fourth-order valence-corrected chi connectivity index (χ4v) is 2.66. The van der Waals surface area contributed by atoms with Gasteiger partial charge in [0.1, 0.15) is 0 Å². The zero-order valence-electron chi connectivity index (χ0n) is 9.61. The van der Waals surface area contributed by atoms with Crippen LogP contribution in [0.4, 0.5) is 0 Å². The van der Waals surface area contributed by atoms with Gasteiger partial charge in [0.05, 0.1) is 11.3 Å². The Labute approximate surface area is 113 Å². The molecule has 1 aromatic carbocycles. The molecule has 1 aliphatic heterocycles. The van der Waals surface area contributed by atoms with Crippen molar-refractivity contribution in [1.29, 1.82) is 0 Å². The first-order valence-electron chi connectivity index (χ1n) is 5.37. The van der Waals surface area contributed by atoms with E-state index in [9.17, 15) is 4.79 Å². The second kappa shape index (κ2) is 5.23. The fourth-order valence-electron chi connectivity index (χ4n) is 1.51. The molecule has 0 radical (unpaired) electrons. The molecule has 1 saturated heterocycles. The molecule has 5 heteroatoms. The molecule has 0 bridgehead atoms. The second-order valence-corrected chi connectivity index (χ2v) is 6.16. The summed E-state index contributed by atoms with van der Waals surface area (Å²) in [5.74, 6) is 0.0387. The molecule has 1 fully saturated rings. The highest BCUT2D eigenvalue weighted by Crippen LogP contribution is 2.24. The summed E-state index contributed by atoms with van der Waals surface area (Å²) in [7, 11) is 0. The van der Waals surface area contributed by atoms with Crippen molar-refractivity contribution in [2.24, 2.45) is 4.99 Å². The molecule has 1 amide bonds. The molecular formula is C12H13BrN2OS. The van der Waals surface area contributed by atoms with E-state index in [-0.39, 0.29) is 17.2 Å². The molecule has 3 nitrogen and oxygen atoms in total. The highest BCUT2D eigenvalue weighted by atomic mass is 79.9. The van der Waals surface area contributed by atoms with Crippen LogP contribution in [0, 0.1) is 0 Å². The van der Waals surface area contributed by atoms with Crippen molar-refractivity contribution < 1.29 is 4.79 Å². The summed E-state index contributed by atoms with van der Waals surface area (Å²) in [6.07, 6.45) is 0. The topological polar surface area (TPSA) is 41.5 Å². The maximum atomic E-state index is 11.3. The number of hydrogen-bond donors (Lipinski definition) is 1. The Bertz CT molecular complexity index is 458. The molecule has 0 aliphatic carbocycles. The number of amides is 1. The number of carbonyl (C=O) groups is 1. The summed E-state index contributed by atoms with van der Waals surface area (Å²) >= 11 is 4.88. The number of amidine groups is 1. The van der Waals surface area contributed by atoms with Crippen molar-refractivity contribution in [3.8, 4) is 0 Å². The lowest BCUT2D eigenvalue weighted by molar-refractivity contribution is -0.118. The minimum Gasteiger partial charge on any atom is -0.304 e. The van der Waals surface area contributed by atoms with Crippen LogP contribution in [-0.2, 0) is 4.79 Å². The highest BCUT2D eigenvalue weighted by molar-refractivity contribution is 9.10. The van der Waals surface area contributed by atoms with Crippen LogP contribution in [0.1, 0.15) is 25.5 Å². The number of hydrogen-bond acceptors (Lipinski definition) is 3. The Kier molecular flexibility index (Phi) is 3.89. The Morgan fingerprint density at radius 1 is 1.41 bits per heavy atom. The molecule has 2 atom stereocenters. The lowest BCUT2D eigenvalue weighted by Gasteiger charge is -2.07. The summed E-state index contributed by atoms with van der Waals surface area (Å²) in [6, 6.07) is 8.11. The zero-order chi connectivity index (χ0) is 12.4. The molecule has 0 aromatic heterocycles. The first-order valence-corrected chi connectivity index (χ1v) is 7.04. The van der Waals surface area contributed by atoms with Crippen molar-refractivity contribution in [1.82, 2.24) is 5.32 Å². The molecule has 90 valence electrons. The van der Waals surface area contributed by atoms with E-state index < -0.39 is 0 Å². The van der Waals surface area contributed by atoms with Crippen molar-refractivity contribution in [2.45, 2.75) is 25.1 Å². The zero-order valence-corrected chi connectivity index (χ0v) is 12.0. The van der Waals surface area contributed by atoms with Gasteiger partial charge >= 0.3 is 0 Å². The van der Waals surface area contributed by atoms with Gasteiger partial charge in [0.2, 0.25) is 5.91 Å². The van der Waals surface area contributed by atoms with Gasteiger partial charge in [0.25, 0.3) is 0 Å². The van der Waals surface area contributed by atoms with Gasteiger partial charge in [0.15, 0.2) is 5.17 Å². The highest BCUT2D eigenvalue weighted by Gasteiger charge is 2.26. The maximum Gasteiger partial charge on any atom is 0.239 e. The Morgan fingerprint density at radius 3 is 2.59 bits per heavy atom. The minimum absolute atomic E-state index is 0.0362. The van der Waals surface area contributed by atoms with Crippen molar-refractivity contribution >= 4 is 38.8 Å². The van der Waals surface area contributed by atoms with Gasteiger partial charge in [-0.2, -0.15) is 0 Å². The molecule has 1 aromatic rings. The molecule has 1 heterocycles. The molecule has 0 spiro atoms. The Balaban J connectivity index is 2.11. The van der Waals surface area contributed by atoms with Crippen LogP contribution in [0.3, 0.4) is 0 Å². The van der Waals surface area contributed by atoms with E-state index >= 15 is 0 Å². The number of rotatable bonds is 2. The number of nitrogens with one attached hydrogen (secondary N) is 1. The number of carbonyl (C=O) groups excluding carboxylic acids is 1.